The zero-order chi connectivity index (χ0) is 13.9. The van der Waals surface area contributed by atoms with Crippen molar-refractivity contribution in [2.75, 3.05) is 25.5 Å². The smallest absolute Gasteiger partial charge is 0.251 e. The molecule has 1 unspecified atom stereocenters. The minimum atomic E-state index is -0.219. The van der Waals surface area contributed by atoms with Crippen molar-refractivity contribution >= 4 is 11.7 Å². The number of aromatic nitrogens is 1. The Morgan fingerprint density at radius 2 is 2.32 bits per heavy atom. The Balaban J connectivity index is 2.01. The quantitative estimate of drug-likeness (QED) is 0.868. The summed E-state index contributed by atoms with van der Waals surface area (Å²) in [5, 5.41) is 5.89. The van der Waals surface area contributed by atoms with E-state index in [0.29, 0.717) is 17.9 Å². The van der Waals surface area contributed by atoms with Crippen LogP contribution in [-0.4, -0.2) is 36.7 Å². The maximum absolute atomic E-state index is 12.1. The van der Waals surface area contributed by atoms with E-state index in [1.165, 1.54) is 0 Å². The highest BCUT2D eigenvalue weighted by atomic mass is 16.5. The molecule has 0 bridgehead atoms. The number of nitrogens with zero attached hydrogens (tertiary/aromatic N) is 1. The van der Waals surface area contributed by atoms with E-state index in [4.69, 9.17) is 4.74 Å². The van der Waals surface area contributed by atoms with E-state index >= 15 is 0 Å². The molecule has 0 saturated carbocycles. The van der Waals surface area contributed by atoms with Crippen LogP contribution in [0.5, 0.6) is 0 Å². The van der Waals surface area contributed by atoms with Gasteiger partial charge in [-0.05, 0) is 38.8 Å². The molecule has 1 amide bonds. The number of anilines is 1. The van der Waals surface area contributed by atoms with Crippen molar-refractivity contribution < 1.29 is 9.53 Å². The first-order valence-electron chi connectivity index (χ1n) is 6.61. The first-order valence-corrected chi connectivity index (χ1v) is 6.61. The standard InChI is InChI=1S/C14H21N3O2/c1-10-7-11(8-12(15-3)17-10)13(18)16-9-14(2)5-4-6-19-14/h7-8H,4-6,9H2,1-3H3,(H,15,17)(H,16,18). The molecule has 1 aliphatic rings. The average Bonchev–Trinajstić information content (AvgIpc) is 2.82. The van der Waals surface area contributed by atoms with Crippen LogP contribution < -0.4 is 10.6 Å². The van der Waals surface area contributed by atoms with Gasteiger partial charge in [0, 0.05) is 31.5 Å². The number of hydrogen-bond donors (Lipinski definition) is 2. The third-order valence-electron chi connectivity index (χ3n) is 3.40. The molecule has 1 fully saturated rings. The molecule has 1 aromatic rings. The molecular weight excluding hydrogens is 242 g/mol. The molecule has 0 spiro atoms. The van der Waals surface area contributed by atoms with Crippen LogP contribution in [0.25, 0.3) is 0 Å². The monoisotopic (exact) mass is 263 g/mol. The van der Waals surface area contributed by atoms with Gasteiger partial charge in [0.15, 0.2) is 0 Å². The van der Waals surface area contributed by atoms with Crippen molar-refractivity contribution in [2.45, 2.75) is 32.3 Å². The van der Waals surface area contributed by atoms with E-state index in [1.807, 2.05) is 13.8 Å². The fourth-order valence-corrected chi connectivity index (χ4v) is 2.27. The largest absolute Gasteiger partial charge is 0.373 e. The van der Waals surface area contributed by atoms with Gasteiger partial charge >= 0.3 is 0 Å². The van der Waals surface area contributed by atoms with E-state index < -0.39 is 0 Å². The second-order valence-electron chi connectivity index (χ2n) is 5.22. The Labute approximate surface area is 113 Å². The van der Waals surface area contributed by atoms with Gasteiger partial charge in [0.25, 0.3) is 5.91 Å². The molecule has 0 aliphatic carbocycles. The van der Waals surface area contributed by atoms with E-state index in [2.05, 4.69) is 15.6 Å². The number of pyridine rings is 1. The minimum absolute atomic E-state index is 0.0845. The maximum Gasteiger partial charge on any atom is 0.251 e. The number of ether oxygens (including phenoxy) is 1. The first-order chi connectivity index (χ1) is 9.02. The summed E-state index contributed by atoms with van der Waals surface area (Å²) in [4.78, 5) is 16.4. The Hall–Kier alpha value is -1.62. The summed E-state index contributed by atoms with van der Waals surface area (Å²) in [6.45, 7) is 5.24. The number of amides is 1. The number of aryl methyl sites for hydroxylation is 1. The molecule has 2 heterocycles. The van der Waals surface area contributed by atoms with Gasteiger partial charge in [-0.25, -0.2) is 4.98 Å². The zero-order valence-electron chi connectivity index (χ0n) is 11.7. The minimum Gasteiger partial charge on any atom is -0.373 e. The molecule has 0 aromatic carbocycles. The molecule has 2 N–H and O–H groups in total. The second kappa shape index (κ2) is 5.57. The van der Waals surface area contributed by atoms with Crippen molar-refractivity contribution in [3.8, 4) is 0 Å². The van der Waals surface area contributed by atoms with Gasteiger partial charge in [-0.1, -0.05) is 0 Å². The predicted molar refractivity (Wildman–Crippen MR) is 74.4 cm³/mol. The van der Waals surface area contributed by atoms with Crippen LogP contribution in [0.2, 0.25) is 0 Å². The van der Waals surface area contributed by atoms with Gasteiger partial charge in [0.1, 0.15) is 5.82 Å². The molecule has 19 heavy (non-hydrogen) atoms. The van der Waals surface area contributed by atoms with E-state index in [0.717, 1.165) is 25.1 Å². The van der Waals surface area contributed by atoms with E-state index in [-0.39, 0.29) is 11.5 Å². The fraction of sp³-hybridized carbons (Fsp3) is 0.571. The molecule has 5 heteroatoms. The predicted octanol–water partition coefficient (Wildman–Crippen LogP) is 1.73. The normalized spacial score (nSPS) is 22.3. The van der Waals surface area contributed by atoms with Gasteiger partial charge in [0.2, 0.25) is 0 Å². The number of carbonyl (C=O) groups is 1. The van der Waals surface area contributed by atoms with Crippen molar-refractivity contribution in [1.82, 2.24) is 10.3 Å². The third-order valence-corrected chi connectivity index (χ3v) is 3.40. The molecule has 2 rings (SSSR count). The summed E-state index contributed by atoms with van der Waals surface area (Å²) < 4.78 is 5.66. The molecule has 1 aliphatic heterocycles. The lowest BCUT2D eigenvalue weighted by Gasteiger charge is -2.23. The number of nitrogens with one attached hydrogen (secondary N) is 2. The van der Waals surface area contributed by atoms with Crippen molar-refractivity contribution in [3.63, 3.8) is 0 Å². The van der Waals surface area contributed by atoms with Crippen LogP contribution in [0.15, 0.2) is 12.1 Å². The van der Waals surface area contributed by atoms with Gasteiger partial charge < -0.3 is 15.4 Å². The molecule has 0 radical (unpaired) electrons. The molecule has 1 atom stereocenters. The highest BCUT2D eigenvalue weighted by molar-refractivity contribution is 5.95. The SMILES string of the molecule is CNc1cc(C(=O)NCC2(C)CCCO2)cc(C)n1. The first kappa shape index (κ1) is 13.8. The number of carbonyl (C=O) groups excluding carboxylic acids is 1. The highest BCUT2D eigenvalue weighted by Crippen LogP contribution is 2.24. The Morgan fingerprint density at radius 1 is 1.53 bits per heavy atom. The summed E-state index contributed by atoms with van der Waals surface area (Å²) in [6.07, 6.45) is 2.05. The van der Waals surface area contributed by atoms with Crippen LogP contribution in [0.3, 0.4) is 0 Å². The van der Waals surface area contributed by atoms with Crippen LogP contribution in [0.1, 0.15) is 35.8 Å². The van der Waals surface area contributed by atoms with Crippen molar-refractivity contribution in [2.24, 2.45) is 0 Å². The van der Waals surface area contributed by atoms with Crippen LogP contribution in [0.4, 0.5) is 5.82 Å². The lowest BCUT2D eigenvalue weighted by atomic mass is 10.0. The van der Waals surface area contributed by atoms with E-state index in [1.54, 1.807) is 19.2 Å². The second-order valence-corrected chi connectivity index (χ2v) is 5.22. The molecule has 104 valence electrons. The lowest BCUT2D eigenvalue weighted by Crippen LogP contribution is -2.40. The lowest BCUT2D eigenvalue weighted by molar-refractivity contribution is 0.0206. The van der Waals surface area contributed by atoms with Crippen LogP contribution in [-0.2, 0) is 4.74 Å². The Morgan fingerprint density at radius 3 is 2.95 bits per heavy atom. The molecule has 1 saturated heterocycles. The van der Waals surface area contributed by atoms with Crippen LogP contribution in [0, 0.1) is 6.92 Å². The highest BCUT2D eigenvalue weighted by Gasteiger charge is 2.30. The summed E-state index contributed by atoms with van der Waals surface area (Å²) in [5.74, 6) is 0.618. The number of hydrogen-bond acceptors (Lipinski definition) is 4. The summed E-state index contributed by atoms with van der Waals surface area (Å²) in [7, 11) is 1.79. The molecule has 5 nitrogen and oxygen atoms in total. The van der Waals surface area contributed by atoms with E-state index in [9.17, 15) is 4.79 Å². The number of rotatable bonds is 4. The van der Waals surface area contributed by atoms with Gasteiger partial charge in [-0.15, -0.1) is 0 Å². The average molecular weight is 263 g/mol. The molecular formula is C14H21N3O2. The van der Waals surface area contributed by atoms with Crippen molar-refractivity contribution in [1.29, 1.82) is 0 Å². The van der Waals surface area contributed by atoms with Crippen molar-refractivity contribution in [3.05, 3.63) is 23.4 Å². The Kier molecular flexibility index (Phi) is 4.04. The zero-order valence-corrected chi connectivity index (χ0v) is 11.7. The van der Waals surface area contributed by atoms with Gasteiger partial charge in [-0.2, -0.15) is 0 Å². The topological polar surface area (TPSA) is 63.2 Å². The van der Waals surface area contributed by atoms with Crippen LogP contribution >= 0.6 is 0 Å². The Bertz CT molecular complexity index is 468. The maximum atomic E-state index is 12.1. The van der Waals surface area contributed by atoms with Gasteiger partial charge in [-0.3, -0.25) is 4.79 Å². The fourth-order valence-electron chi connectivity index (χ4n) is 2.27. The van der Waals surface area contributed by atoms with Gasteiger partial charge in [0.05, 0.1) is 5.60 Å². The third kappa shape index (κ3) is 3.44. The summed E-state index contributed by atoms with van der Waals surface area (Å²) >= 11 is 0. The summed E-state index contributed by atoms with van der Waals surface area (Å²) in [5.41, 5.74) is 1.22. The molecule has 1 aromatic heterocycles. The summed E-state index contributed by atoms with van der Waals surface area (Å²) in [6, 6.07) is 3.54.